The number of anilines is 1. The summed E-state index contributed by atoms with van der Waals surface area (Å²) >= 11 is 0. The molecule has 0 radical (unpaired) electrons. The Kier molecular flexibility index (Phi) is 4.13. The molecule has 0 aromatic heterocycles. The maximum absolute atomic E-state index is 10.9. The molecule has 5 nitrogen and oxygen atoms in total. The van der Waals surface area contributed by atoms with Gasteiger partial charge in [0.1, 0.15) is 11.8 Å². The van der Waals surface area contributed by atoms with Crippen molar-refractivity contribution in [3.05, 3.63) is 24.3 Å². The van der Waals surface area contributed by atoms with Crippen LogP contribution in [0.25, 0.3) is 0 Å². The standard InChI is InChI=1S/C11H16N2O3/c1-13(10(7-12)11(14)15)8-4-3-5-9(6-8)16-2/h3-6,10H,7,12H2,1-2H3,(H,14,15). The summed E-state index contributed by atoms with van der Waals surface area (Å²) in [4.78, 5) is 12.6. The van der Waals surface area contributed by atoms with E-state index in [0.29, 0.717) is 5.75 Å². The zero-order chi connectivity index (χ0) is 12.1. The lowest BCUT2D eigenvalue weighted by Crippen LogP contribution is -2.44. The van der Waals surface area contributed by atoms with Gasteiger partial charge in [-0.3, -0.25) is 0 Å². The highest BCUT2D eigenvalue weighted by molar-refractivity contribution is 5.78. The number of hydrogen-bond donors (Lipinski definition) is 2. The highest BCUT2D eigenvalue weighted by Crippen LogP contribution is 2.21. The summed E-state index contributed by atoms with van der Waals surface area (Å²) in [5.74, 6) is -0.252. The molecule has 1 rings (SSSR count). The normalized spacial score (nSPS) is 11.9. The van der Waals surface area contributed by atoms with E-state index >= 15 is 0 Å². The molecule has 0 amide bonds. The molecule has 0 fully saturated rings. The van der Waals surface area contributed by atoms with E-state index in [4.69, 9.17) is 15.6 Å². The van der Waals surface area contributed by atoms with Gasteiger partial charge in [0.25, 0.3) is 0 Å². The molecule has 1 unspecified atom stereocenters. The van der Waals surface area contributed by atoms with Crippen molar-refractivity contribution in [3.8, 4) is 5.75 Å². The van der Waals surface area contributed by atoms with Crippen molar-refractivity contribution in [2.75, 3.05) is 25.6 Å². The molecule has 0 spiro atoms. The van der Waals surface area contributed by atoms with Crippen LogP contribution in [0, 0.1) is 0 Å². The van der Waals surface area contributed by atoms with Crippen molar-refractivity contribution >= 4 is 11.7 Å². The van der Waals surface area contributed by atoms with Gasteiger partial charge in [-0.05, 0) is 12.1 Å². The molecule has 0 saturated carbocycles. The minimum atomic E-state index is -0.937. The van der Waals surface area contributed by atoms with Crippen molar-refractivity contribution in [1.82, 2.24) is 0 Å². The number of nitrogens with two attached hydrogens (primary N) is 1. The van der Waals surface area contributed by atoms with Crippen molar-refractivity contribution in [2.45, 2.75) is 6.04 Å². The lowest BCUT2D eigenvalue weighted by Gasteiger charge is -2.25. The number of benzene rings is 1. The Bertz CT molecular complexity index is 368. The second kappa shape index (κ2) is 5.37. The molecule has 5 heteroatoms. The van der Waals surface area contributed by atoms with Crippen LogP contribution < -0.4 is 15.4 Å². The fourth-order valence-corrected chi connectivity index (χ4v) is 1.43. The van der Waals surface area contributed by atoms with Gasteiger partial charge in [-0.2, -0.15) is 0 Å². The number of likely N-dealkylation sites (N-methyl/N-ethyl adjacent to an activating group) is 1. The minimum Gasteiger partial charge on any atom is -0.497 e. The molecule has 1 aromatic carbocycles. The van der Waals surface area contributed by atoms with Crippen LogP contribution in [-0.4, -0.2) is 37.8 Å². The fourth-order valence-electron chi connectivity index (χ4n) is 1.43. The number of carboxylic acid groups (broad SMARTS) is 1. The number of nitrogens with zero attached hydrogens (tertiary/aromatic N) is 1. The fraction of sp³-hybridized carbons (Fsp3) is 0.364. The maximum Gasteiger partial charge on any atom is 0.327 e. The molecule has 1 atom stereocenters. The lowest BCUT2D eigenvalue weighted by atomic mass is 10.2. The van der Waals surface area contributed by atoms with Crippen molar-refractivity contribution in [1.29, 1.82) is 0 Å². The number of ether oxygens (including phenoxy) is 1. The van der Waals surface area contributed by atoms with E-state index in [0.717, 1.165) is 5.69 Å². The second-order valence-corrected chi connectivity index (χ2v) is 3.40. The molecule has 0 bridgehead atoms. The first-order valence-corrected chi connectivity index (χ1v) is 4.90. The zero-order valence-electron chi connectivity index (χ0n) is 9.38. The van der Waals surface area contributed by atoms with Crippen molar-refractivity contribution < 1.29 is 14.6 Å². The molecule has 0 heterocycles. The van der Waals surface area contributed by atoms with Gasteiger partial charge >= 0.3 is 5.97 Å². The van der Waals surface area contributed by atoms with Gasteiger partial charge in [-0.15, -0.1) is 0 Å². The summed E-state index contributed by atoms with van der Waals surface area (Å²) in [5.41, 5.74) is 6.19. The summed E-state index contributed by atoms with van der Waals surface area (Å²) in [7, 11) is 3.26. The monoisotopic (exact) mass is 224 g/mol. The molecular weight excluding hydrogens is 208 g/mol. The molecular formula is C11H16N2O3. The maximum atomic E-state index is 10.9. The first kappa shape index (κ1) is 12.3. The van der Waals surface area contributed by atoms with E-state index in [9.17, 15) is 4.79 Å². The second-order valence-electron chi connectivity index (χ2n) is 3.40. The topological polar surface area (TPSA) is 75.8 Å². The Balaban J connectivity index is 2.93. The van der Waals surface area contributed by atoms with Crippen LogP contribution in [0.15, 0.2) is 24.3 Å². The third-order valence-corrected chi connectivity index (χ3v) is 2.44. The van der Waals surface area contributed by atoms with Crippen LogP contribution in [0.5, 0.6) is 5.75 Å². The summed E-state index contributed by atoms with van der Waals surface area (Å²) in [6.07, 6.45) is 0. The van der Waals surface area contributed by atoms with Crippen molar-refractivity contribution in [2.24, 2.45) is 5.73 Å². The third kappa shape index (κ3) is 2.64. The summed E-state index contributed by atoms with van der Waals surface area (Å²) in [5, 5.41) is 8.98. The summed E-state index contributed by atoms with van der Waals surface area (Å²) < 4.78 is 5.07. The number of carbonyl (C=O) groups is 1. The Labute approximate surface area is 94.4 Å². The van der Waals surface area contributed by atoms with Gasteiger partial charge in [0.2, 0.25) is 0 Å². The molecule has 0 aliphatic carbocycles. The quantitative estimate of drug-likeness (QED) is 0.763. The first-order valence-electron chi connectivity index (χ1n) is 4.90. The number of carboxylic acids is 1. The number of aliphatic carboxylic acids is 1. The SMILES string of the molecule is COc1cccc(N(C)C(CN)C(=O)O)c1. The Morgan fingerprint density at radius 2 is 2.31 bits per heavy atom. The van der Waals surface area contributed by atoms with E-state index in [1.165, 1.54) is 0 Å². The molecule has 3 N–H and O–H groups in total. The van der Waals surface area contributed by atoms with Gasteiger partial charge in [0.05, 0.1) is 7.11 Å². The molecule has 16 heavy (non-hydrogen) atoms. The van der Waals surface area contributed by atoms with E-state index < -0.39 is 12.0 Å². The zero-order valence-corrected chi connectivity index (χ0v) is 9.38. The molecule has 1 aromatic rings. The Morgan fingerprint density at radius 1 is 1.62 bits per heavy atom. The molecule has 0 saturated heterocycles. The molecule has 0 aliphatic rings. The van der Waals surface area contributed by atoms with Crippen LogP contribution >= 0.6 is 0 Å². The van der Waals surface area contributed by atoms with Gasteiger partial charge in [0.15, 0.2) is 0 Å². The number of methoxy groups -OCH3 is 1. The van der Waals surface area contributed by atoms with Crippen LogP contribution in [0.1, 0.15) is 0 Å². The van der Waals surface area contributed by atoms with E-state index in [2.05, 4.69) is 0 Å². The van der Waals surface area contributed by atoms with E-state index in [1.54, 1.807) is 37.3 Å². The summed E-state index contributed by atoms with van der Waals surface area (Å²) in [6, 6.07) is 6.46. The van der Waals surface area contributed by atoms with Gasteiger partial charge in [-0.1, -0.05) is 6.07 Å². The Morgan fingerprint density at radius 3 is 2.81 bits per heavy atom. The number of hydrogen-bond acceptors (Lipinski definition) is 4. The molecule has 88 valence electrons. The van der Waals surface area contributed by atoms with Crippen LogP contribution in [0.2, 0.25) is 0 Å². The average molecular weight is 224 g/mol. The number of rotatable bonds is 5. The van der Waals surface area contributed by atoms with Crippen LogP contribution in [0.3, 0.4) is 0 Å². The van der Waals surface area contributed by atoms with Crippen molar-refractivity contribution in [3.63, 3.8) is 0 Å². The van der Waals surface area contributed by atoms with Crippen LogP contribution in [0.4, 0.5) is 5.69 Å². The Hall–Kier alpha value is -1.75. The molecule has 0 aliphatic heterocycles. The smallest absolute Gasteiger partial charge is 0.327 e. The average Bonchev–Trinajstić information content (AvgIpc) is 2.29. The third-order valence-electron chi connectivity index (χ3n) is 2.44. The van der Waals surface area contributed by atoms with E-state index in [-0.39, 0.29) is 6.54 Å². The summed E-state index contributed by atoms with van der Waals surface area (Å²) in [6.45, 7) is 0.0586. The minimum absolute atomic E-state index is 0.0586. The predicted molar refractivity (Wildman–Crippen MR) is 61.9 cm³/mol. The van der Waals surface area contributed by atoms with Gasteiger partial charge in [-0.25, -0.2) is 4.79 Å². The van der Waals surface area contributed by atoms with E-state index in [1.807, 2.05) is 6.07 Å². The van der Waals surface area contributed by atoms with Gasteiger partial charge < -0.3 is 20.5 Å². The highest BCUT2D eigenvalue weighted by atomic mass is 16.5. The highest BCUT2D eigenvalue weighted by Gasteiger charge is 2.21. The predicted octanol–water partition coefficient (Wildman–Crippen LogP) is 0.543. The first-order chi connectivity index (χ1) is 7.60. The van der Waals surface area contributed by atoms with Crippen LogP contribution in [-0.2, 0) is 4.79 Å². The largest absolute Gasteiger partial charge is 0.497 e. The van der Waals surface area contributed by atoms with Gasteiger partial charge in [0, 0.05) is 25.3 Å². The lowest BCUT2D eigenvalue weighted by molar-refractivity contribution is -0.138.